The second kappa shape index (κ2) is 62.8. The Hall–Kier alpha value is -5.33. The zero-order chi connectivity index (χ0) is 76.4. The van der Waals surface area contributed by atoms with Gasteiger partial charge < -0.3 is 26.7 Å². The minimum Gasteiger partial charge on any atom is -0.518 e. The van der Waals surface area contributed by atoms with E-state index >= 15 is 0 Å². The van der Waals surface area contributed by atoms with Crippen LogP contribution in [0.15, 0.2) is 206 Å². The van der Waals surface area contributed by atoms with E-state index in [1.54, 1.807) is 12.2 Å². The smallest absolute Gasteiger partial charge is 0 e. The number of allylic oxidation sites excluding steroid dienone is 10. The van der Waals surface area contributed by atoms with Gasteiger partial charge in [0.15, 0.2) is 0 Å². The van der Waals surface area contributed by atoms with Crippen molar-refractivity contribution in [1.82, 2.24) is 0 Å². The predicted molar refractivity (Wildman–Crippen MR) is 516 cm³/mol. The van der Waals surface area contributed by atoms with Gasteiger partial charge in [-0.2, -0.15) is 41.2 Å². The average molecular weight is 1840 g/mol. The van der Waals surface area contributed by atoms with Gasteiger partial charge in [0.25, 0.3) is 0 Å². The van der Waals surface area contributed by atoms with Crippen molar-refractivity contribution in [3.8, 4) is 33.4 Å². The van der Waals surface area contributed by atoms with Gasteiger partial charge in [-0.15, -0.1) is 63.5 Å². The zero-order valence-corrected chi connectivity index (χ0v) is 80.7. The molecule has 115 heavy (non-hydrogen) atoms. The van der Waals surface area contributed by atoms with Crippen molar-refractivity contribution in [3.63, 3.8) is 0 Å². The van der Waals surface area contributed by atoms with Crippen LogP contribution in [0, 0.1) is 113 Å². The number of fused-ring (bicyclic) bond motifs is 7. The number of aryl methyl sites for hydroxylation is 5. The Morgan fingerprint density at radius 3 is 1.26 bits per heavy atom. The molecule has 5 aliphatic rings. The summed E-state index contributed by atoms with van der Waals surface area (Å²) < 4.78 is 0. The molecule has 0 heterocycles. The van der Waals surface area contributed by atoms with E-state index in [0.29, 0.717) is 0 Å². The predicted octanol–water partition coefficient (Wildman–Crippen LogP) is 35.8. The average Bonchev–Trinajstić information content (AvgIpc) is 1.74. The number of hydrogen-bond donors (Lipinski definition) is 0. The fourth-order valence-electron chi connectivity index (χ4n) is 14.0. The monoisotopic (exact) mass is 1840 g/mol. The van der Waals surface area contributed by atoms with Crippen molar-refractivity contribution in [3.05, 3.63) is 346 Å². The quantitative estimate of drug-likeness (QED) is 0.154. The summed E-state index contributed by atoms with van der Waals surface area (Å²) in [5.74, 6) is 0.205. The van der Waals surface area contributed by atoms with Crippen LogP contribution in [0.3, 0.4) is 0 Å². The Morgan fingerprint density at radius 1 is 0.374 bits per heavy atom. The van der Waals surface area contributed by atoms with Crippen molar-refractivity contribution in [2.24, 2.45) is 5.92 Å². The van der Waals surface area contributed by atoms with E-state index in [4.69, 9.17) is 19.7 Å². The van der Waals surface area contributed by atoms with Crippen LogP contribution in [0.2, 0.25) is 0 Å². The summed E-state index contributed by atoms with van der Waals surface area (Å²) in [6, 6.07) is 60.8. The fourth-order valence-corrected chi connectivity index (χ4v) is 14.0. The molecule has 0 saturated heterocycles. The Morgan fingerprint density at radius 2 is 0.765 bits per heavy atom. The summed E-state index contributed by atoms with van der Waals surface area (Å²) >= 11 is 0. The van der Waals surface area contributed by atoms with Gasteiger partial charge in [-0.05, 0) is 81.0 Å². The van der Waals surface area contributed by atoms with Gasteiger partial charge in [0.05, 0.1) is 0 Å². The van der Waals surface area contributed by atoms with Crippen molar-refractivity contribution in [1.29, 1.82) is 0 Å². The normalized spacial score (nSPS) is 11.2. The minimum absolute atomic E-state index is 0. The van der Waals surface area contributed by atoms with Crippen LogP contribution >= 0.6 is 0 Å². The fraction of sp³-hybridized carbons (Fsp3) is 0.315. The maximum absolute atomic E-state index is 5.96. The molecular weight excluding hydrogens is 1690 g/mol. The first-order valence-electron chi connectivity index (χ1n) is 38.3. The molecule has 0 aliphatic heterocycles. The van der Waals surface area contributed by atoms with Gasteiger partial charge in [-0.3, -0.25) is 29.4 Å². The van der Waals surface area contributed by atoms with Gasteiger partial charge >= 0.3 is 0 Å². The molecule has 0 aromatic heterocycles. The van der Waals surface area contributed by atoms with Crippen LogP contribution < -0.4 is 0 Å². The zero-order valence-electron chi connectivity index (χ0n) is 69.4. The number of hydrogen-bond acceptors (Lipinski definition) is 0. The minimum atomic E-state index is 0. The number of benzene rings is 11. The molecule has 0 bridgehead atoms. The molecule has 11 aromatic carbocycles. The molecule has 4 heteroatoms. The van der Waals surface area contributed by atoms with Crippen molar-refractivity contribution in [2.75, 3.05) is 0 Å². The maximum Gasteiger partial charge on any atom is 0 e. The summed E-state index contributed by atoms with van der Waals surface area (Å²) in [6.45, 7) is 71.4. The molecule has 4 radical (unpaired) electrons. The third-order valence-electron chi connectivity index (χ3n) is 18.9. The Bertz CT molecular complexity index is 4930. The molecular formula is C111H148Y4-8. The van der Waals surface area contributed by atoms with Crippen LogP contribution in [-0.4, -0.2) is 0 Å². The molecule has 0 amide bonds. The van der Waals surface area contributed by atoms with Gasteiger partial charge in [-0.1, -0.05) is 435 Å². The first kappa shape index (κ1) is 125. The first-order chi connectivity index (χ1) is 50.3. The largest absolute Gasteiger partial charge is 0.518 e. The number of rotatable bonds is 4. The summed E-state index contributed by atoms with van der Waals surface area (Å²) in [5, 5.41) is 10.5. The molecule has 0 saturated carbocycles. The Balaban J connectivity index is -0.000000202. The van der Waals surface area contributed by atoms with Gasteiger partial charge in [0.1, 0.15) is 0 Å². The van der Waals surface area contributed by atoms with E-state index in [0.717, 1.165) is 35.1 Å². The van der Waals surface area contributed by atoms with Crippen molar-refractivity contribution >= 4 is 65.4 Å². The van der Waals surface area contributed by atoms with Crippen LogP contribution in [0.4, 0.5) is 0 Å². The second-order valence-electron chi connectivity index (χ2n) is 23.8. The summed E-state index contributed by atoms with van der Waals surface area (Å²) in [7, 11) is 0. The van der Waals surface area contributed by atoms with E-state index < -0.39 is 0 Å². The second-order valence-corrected chi connectivity index (χ2v) is 23.8. The molecule has 0 fully saturated rings. The van der Waals surface area contributed by atoms with E-state index in [1.807, 2.05) is 123 Å². The summed E-state index contributed by atoms with van der Waals surface area (Å²) in [5.41, 5.74) is 33.8. The molecule has 0 spiro atoms. The molecule has 1 atom stereocenters. The first-order valence-corrected chi connectivity index (χ1v) is 38.3. The third kappa shape index (κ3) is 27.1. The topological polar surface area (TPSA) is 0 Å². The third-order valence-corrected chi connectivity index (χ3v) is 18.9. The van der Waals surface area contributed by atoms with E-state index in [1.165, 1.54) is 171 Å². The summed E-state index contributed by atoms with van der Waals surface area (Å²) in [4.78, 5) is 0. The molecule has 0 nitrogen and oxygen atoms in total. The molecule has 0 N–H and O–H groups in total. The van der Waals surface area contributed by atoms with Crippen LogP contribution in [0.5, 0.6) is 0 Å². The van der Waals surface area contributed by atoms with E-state index in [2.05, 4.69) is 263 Å². The van der Waals surface area contributed by atoms with Crippen LogP contribution in [-0.2, 0) is 131 Å². The standard InChI is InChI=1S/C22H16.C22H18.C22H16.C21H18.8C2H6.8CH4.4Y/c1-4-16-13-21-15(3)14(2)12-17-8-7-11-20(22(17)21)19-10-6-5-9-18(16)19;1-4-16-13-17-8-5-6-10-20(17)21-15(3)14(2)12-18-9-7-11-19(16)22(18)21;1-4-16-13-17-8-5-6-10-19(17)20-11-7-9-18-12-14(2)15(3)21(16)22(18)20;1-4-15-12-16-11-13(2)14(3)17-7-5-10-20(21(16)17)19-9-6-8-18(15)19;8*1-2;;;;;;;;;;;;/h1,4-12H,2-3H3;5-12H,1,4H2,2-3H3;1,4-12H,2-3H3;1,4-8,10-12,15H,9H2,2-3H3;8*1-2H3;8*1H4;;;;/q4*-2;;;;;;;;;;;;;;;;;;;;. The molecule has 1 unspecified atom stereocenters. The molecule has 5 aliphatic carbocycles. The van der Waals surface area contributed by atoms with E-state index in [9.17, 15) is 0 Å². The SMILES string of the molecule is C.C.C.C.C.C.C.C.CC.CC.CC.CC.CC.CC.CC.CC.[CH-]=CC1=[C-]c2c(C)c(C)cc3cccc(c23)-c2ccccc21.[CH-]=CC1=[C-]c2ccccc2-c2cccc3cc(C)c(C)c1c23.[CH-]=CC1[CH-]c2cc(C)c(C)c3cccc(c23)C2=C1C=CC2.[CH2-]CC1=[C-]c2ccccc2-c2c(C)c(C)cc3cccc1c23.[Y].[Y].[Y].[Y]. The molecule has 16 rings (SSSR count). The molecule has 11 aromatic rings. The Kier molecular flexibility index (Phi) is 68.4. The molecule has 612 valence electrons. The van der Waals surface area contributed by atoms with Gasteiger partial charge in [-0.25, -0.2) is 12.2 Å². The van der Waals surface area contributed by atoms with Gasteiger partial charge in [0.2, 0.25) is 0 Å². The summed E-state index contributed by atoms with van der Waals surface area (Å²) in [6.07, 6.45) is 24.4. The Labute approximate surface area is 810 Å². The van der Waals surface area contributed by atoms with Crippen molar-refractivity contribution < 1.29 is 131 Å². The van der Waals surface area contributed by atoms with Crippen LogP contribution in [0.25, 0.3) is 98.8 Å². The van der Waals surface area contributed by atoms with E-state index in [-0.39, 0.29) is 196 Å². The van der Waals surface area contributed by atoms with Crippen molar-refractivity contribution in [2.45, 2.75) is 238 Å². The van der Waals surface area contributed by atoms with Crippen LogP contribution in [0.1, 0.15) is 272 Å². The maximum atomic E-state index is 5.96. The van der Waals surface area contributed by atoms with Gasteiger partial charge in [0, 0.05) is 131 Å².